The van der Waals surface area contributed by atoms with Gasteiger partial charge >= 0.3 is 0 Å². The first-order valence-electron chi connectivity index (χ1n) is 7.21. The third kappa shape index (κ3) is 5.17. The van der Waals surface area contributed by atoms with E-state index in [2.05, 4.69) is 10.0 Å². The van der Waals surface area contributed by atoms with Gasteiger partial charge in [0, 0.05) is 11.7 Å². The predicted molar refractivity (Wildman–Crippen MR) is 89.3 cm³/mol. The normalized spacial score (nSPS) is 16.1. The second kappa shape index (κ2) is 7.61. The zero-order chi connectivity index (χ0) is 17.0. The third-order valence-electron chi connectivity index (χ3n) is 3.36. The van der Waals surface area contributed by atoms with Gasteiger partial charge in [-0.1, -0.05) is 0 Å². The fourth-order valence-corrected chi connectivity index (χ4v) is 3.78. The topological polar surface area (TPSA) is 101 Å². The highest BCUT2D eigenvalue weighted by molar-refractivity contribution is 7.98. The van der Waals surface area contributed by atoms with Gasteiger partial charge in [0.1, 0.15) is 10.7 Å². The number of carbonyl (C=O) groups is 1. The van der Waals surface area contributed by atoms with Crippen molar-refractivity contribution in [3.63, 3.8) is 0 Å². The van der Waals surface area contributed by atoms with E-state index >= 15 is 0 Å². The van der Waals surface area contributed by atoms with Gasteiger partial charge in [0.2, 0.25) is 15.9 Å². The van der Waals surface area contributed by atoms with E-state index in [4.69, 9.17) is 5.73 Å². The Morgan fingerprint density at radius 3 is 2.78 bits per heavy atom. The largest absolute Gasteiger partial charge is 0.325 e. The summed E-state index contributed by atoms with van der Waals surface area (Å²) in [6.45, 7) is 0. The van der Waals surface area contributed by atoms with Crippen LogP contribution in [0.15, 0.2) is 23.1 Å². The van der Waals surface area contributed by atoms with Gasteiger partial charge in [0.25, 0.3) is 0 Å². The Labute approximate surface area is 139 Å². The summed E-state index contributed by atoms with van der Waals surface area (Å²) in [5.74, 6) is -0.546. The molecule has 128 valence electrons. The number of sulfonamides is 1. The standard InChI is InChI=1S/C14H20FN3O3S2/c1-22-7-6-12(16)14(19)17-10-4-5-11(15)13(8-10)23(20,21)18-9-2-3-9/h4-5,8-9,12,18H,2-3,6-7,16H2,1H3,(H,17,19)/t12-/m0/s1. The molecule has 0 heterocycles. The van der Waals surface area contributed by atoms with Gasteiger partial charge in [-0.15, -0.1) is 0 Å². The molecule has 1 atom stereocenters. The monoisotopic (exact) mass is 361 g/mol. The van der Waals surface area contributed by atoms with Crippen LogP contribution in [0, 0.1) is 5.82 Å². The molecule has 1 aliphatic carbocycles. The minimum atomic E-state index is -3.93. The van der Waals surface area contributed by atoms with Gasteiger partial charge in [-0.2, -0.15) is 11.8 Å². The number of thioether (sulfide) groups is 1. The molecule has 1 aliphatic rings. The van der Waals surface area contributed by atoms with Crippen LogP contribution in [-0.2, 0) is 14.8 Å². The first kappa shape index (κ1) is 18.2. The van der Waals surface area contributed by atoms with E-state index < -0.39 is 32.7 Å². The summed E-state index contributed by atoms with van der Waals surface area (Å²) in [5.41, 5.74) is 5.95. The lowest BCUT2D eigenvalue weighted by Crippen LogP contribution is -2.36. The zero-order valence-electron chi connectivity index (χ0n) is 12.7. The fraction of sp³-hybridized carbons (Fsp3) is 0.500. The van der Waals surface area contributed by atoms with Crippen LogP contribution in [0.4, 0.5) is 10.1 Å². The smallest absolute Gasteiger partial charge is 0.243 e. The van der Waals surface area contributed by atoms with Crippen molar-refractivity contribution < 1.29 is 17.6 Å². The van der Waals surface area contributed by atoms with E-state index in [1.165, 1.54) is 6.07 Å². The van der Waals surface area contributed by atoms with Crippen molar-refractivity contribution >= 4 is 33.4 Å². The molecule has 4 N–H and O–H groups in total. The van der Waals surface area contributed by atoms with Crippen LogP contribution in [0.3, 0.4) is 0 Å². The summed E-state index contributed by atoms with van der Waals surface area (Å²) in [6.07, 6.45) is 3.92. The van der Waals surface area contributed by atoms with Gasteiger partial charge in [0.05, 0.1) is 6.04 Å². The highest BCUT2D eigenvalue weighted by atomic mass is 32.2. The number of nitrogens with one attached hydrogen (secondary N) is 2. The molecule has 0 unspecified atom stereocenters. The average molecular weight is 361 g/mol. The van der Waals surface area contributed by atoms with Crippen LogP contribution in [0.1, 0.15) is 19.3 Å². The lowest BCUT2D eigenvalue weighted by molar-refractivity contribution is -0.117. The number of carbonyl (C=O) groups excluding carboxylic acids is 1. The number of hydrogen-bond donors (Lipinski definition) is 3. The van der Waals surface area contributed by atoms with Crippen LogP contribution in [0.5, 0.6) is 0 Å². The van der Waals surface area contributed by atoms with Gasteiger partial charge in [0.15, 0.2) is 0 Å². The summed E-state index contributed by atoms with van der Waals surface area (Å²) in [4.78, 5) is 11.5. The average Bonchev–Trinajstić information content (AvgIpc) is 3.29. The zero-order valence-corrected chi connectivity index (χ0v) is 14.3. The molecular weight excluding hydrogens is 341 g/mol. The summed E-state index contributed by atoms with van der Waals surface area (Å²) in [7, 11) is -3.93. The molecular formula is C14H20FN3O3S2. The number of nitrogens with two attached hydrogens (primary N) is 1. The maximum atomic E-state index is 13.8. The molecule has 0 aliphatic heterocycles. The number of hydrogen-bond acceptors (Lipinski definition) is 5. The summed E-state index contributed by atoms with van der Waals surface area (Å²) in [6, 6.07) is 2.61. The molecule has 1 aromatic carbocycles. The molecule has 6 nitrogen and oxygen atoms in total. The molecule has 1 fully saturated rings. The maximum Gasteiger partial charge on any atom is 0.243 e. The van der Waals surface area contributed by atoms with E-state index in [1.54, 1.807) is 11.8 Å². The van der Waals surface area contributed by atoms with Crippen molar-refractivity contribution in [3.8, 4) is 0 Å². The lowest BCUT2D eigenvalue weighted by atomic mass is 10.2. The Balaban J connectivity index is 2.12. The molecule has 0 saturated heterocycles. The molecule has 1 amide bonds. The van der Waals surface area contributed by atoms with Crippen molar-refractivity contribution in [1.82, 2.24) is 4.72 Å². The summed E-state index contributed by atoms with van der Waals surface area (Å²) < 4.78 is 40.5. The van der Waals surface area contributed by atoms with Crippen LogP contribution in [-0.4, -0.2) is 38.4 Å². The van der Waals surface area contributed by atoms with Crippen LogP contribution >= 0.6 is 11.8 Å². The number of halogens is 1. The highest BCUT2D eigenvalue weighted by Crippen LogP contribution is 2.25. The van der Waals surface area contributed by atoms with Crippen molar-refractivity contribution in [1.29, 1.82) is 0 Å². The van der Waals surface area contributed by atoms with Gasteiger partial charge < -0.3 is 11.1 Å². The molecule has 23 heavy (non-hydrogen) atoms. The summed E-state index contributed by atoms with van der Waals surface area (Å²) in [5, 5.41) is 2.53. The van der Waals surface area contributed by atoms with Gasteiger partial charge in [-0.3, -0.25) is 4.79 Å². The second-order valence-electron chi connectivity index (χ2n) is 5.42. The number of benzene rings is 1. The molecule has 0 bridgehead atoms. The number of amides is 1. The Kier molecular flexibility index (Phi) is 6.01. The second-order valence-corrected chi connectivity index (χ2v) is 8.09. The quantitative estimate of drug-likeness (QED) is 0.648. The molecule has 1 saturated carbocycles. The molecule has 2 rings (SSSR count). The SMILES string of the molecule is CSCC[C@H](N)C(=O)Nc1ccc(F)c(S(=O)(=O)NC2CC2)c1. The first-order valence-corrected chi connectivity index (χ1v) is 10.1. The summed E-state index contributed by atoms with van der Waals surface area (Å²) >= 11 is 1.58. The van der Waals surface area contributed by atoms with E-state index in [0.717, 1.165) is 30.7 Å². The Bertz CT molecular complexity index is 678. The Morgan fingerprint density at radius 1 is 1.48 bits per heavy atom. The van der Waals surface area contributed by atoms with Gasteiger partial charge in [-0.05, 0) is 49.5 Å². The molecule has 0 spiro atoms. The minimum absolute atomic E-state index is 0.127. The predicted octanol–water partition coefficient (Wildman–Crippen LogP) is 1.29. The Morgan fingerprint density at radius 2 is 2.17 bits per heavy atom. The molecule has 0 radical (unpaired) electrons. The van der Waals surface area contributed by atoms with Crippen LogP contribution < -0.4 is 15.8 Å². The van der Waals surface area contributed by atoms with E-state index in [0.29, 0.717) is 6.42 Å². The van der Waals surface area contributed by atoms with Crippen molar-refractivity contribution in [2.75, 3.05) is 17.3 Å². The van der Waals surface area contributed by atoms with Crippen LogP contribution in [0.25, 0.3) is 0 Å². The van der Waals surface area contributed by atoms with Crippen LogP contribution in [0.2, 0.25) is 0 Å². The molecule has 0 aromatic heterocycles. The molecule has 9 heteroatoms. The van der Waals surface area contributed by atoms with Gasteiger partial charge in [-0.25, -0.2) is 17.5 Å². The third-order valence-corrected chi connectivity index (χ3v) is 5.54. The van der Waals surface area contributed by atoms with E-state index in [-0.39, 0.29) is 11.7 Å². The Hall–Kier alpha value is -1.16. The fourth-order valence-electron chi connectivity index (χ4n) is 1.88. The first-order chi connectivity index (χ1) is 10.8. The van der Waals surface area contributed by atoms with E-state index in [9.17, 15) is 17.6 Å². The number of anilines is 1. The van der Waals surface area contributed by atoms with Crippen molar-refractivity contribution in [2.45, 2.75) is 36.2 Å². The maximum absolute atomic E-state index is 13.8. The number of rotatable bonds is 8. The molecule has 1 aromatic rings. The van der Waals surface area contributed by atoms with Crippen molar-refractivity contribution in [3.05, 3.63) is 24.0 Å². The van der Waals surface area contributed by atoms with Crippen molar-refractivity contribution in [2.24, 2.45) is 5.73 Å². The minimum Gasteiger partial charge on any atom is -0.325 e. The highest BCUT2D eigenvalue weighted by Gasteiger charge is 2.30. The lowest BCUT2D eigenvalue weighted by Gasteiger charge is -2.13. The van der Waals surface area contributed by atoms with E-state index in [1.807, 2.05) is 6.26 Å².